The van der Waals surface area contributed by atoms with Gasteiger partial charge in [0, 0.05) is 55.6 Å². The second-order valence-corrected chi connectivity index (χ2v) is 16.8. The van der Waals surface area contributed by atoms with E-state index in [1.807, 2.05) is 47.2 Å². The molecule has 212 valence electrons. The summed E-state index contributed by atoms with van der Waals surface area (Å²) in [5, 5.41) is 20.4. The van der Waals surface area contributed by atoms with Gasteiger partial charge < -0.3 is 19.5 Å². The predicted octanol–water partition coefficient (Wildman–Crippen LogP) is 7.47. The summed E-state index contributed by atoms with van der Waals surface area (Å²) < 4.78 is 19.1. The molecule has 5 rings (SSSR count). The molecular formula is C31H34N4O5Si. The lowest BCUT2D eigenvalue weighted by molar-refractivity contribution is -0.384. The Morgan fingerprint density at radius 2 is 1.90 bits per heavy atom. The van der Waals surface area contributed by atoms with Crippen LogP contribution in [-0.2, 0) is 27.4 Å². The minimum Gasteiger partial charge on any atom is -0.461 e. The summed E-state index contributed by atoms with van der Waals surface area (Å²) in [4.78, 5) is 10.8. The maximum absolute atomic E-state index is 11.2. The molecule has 1 aliphatic rings. The number of ether oxygens (including phenoxy) is 3. The Balaban J connectivity index is 1.50. The predicted molar refractivity (Wildman–Crippen MR) is 163 cm³/mol. The zero-order valence-electron chi connectivity index (χ0n) is 23.5. The highest BCUT2D eigenvalue weighted by Crippen LogP contribution is 2.30. The molecule has 0 bridgehead atoms. The Hall–Kier alpha value is -4.41. The fraction of sp³-hybridized carbons (Fsp3) is 0.258. The lowest BCUT2D eigenvalue weighted by Gasteiger charge is -2.15. The topological polar surface area (TPSA) is 101 Å². The van der Waals surface area contributed by atoms with E-state index in [-0.39, 0.29) is 12.5 Å². The molecule has 0 atom stereocenters. The molecule has 1 aliphatic heterocycles. The molecule has 4 aromatic rings. The molecule has 0 saturated heterocycles. The first-order valence-corrected chi connectivity index (χ1v) is 17.3. The highest BCUT2D eigenvalue weighted by Gasteiger charge is 2.18. The summed E-state index contributed by atoms with van der Waals surface area (Å²) in [6.07, 6.45) is 4.35. The Labute approximate surface area is 240 Å². The Morgan fingerprint density at radius 3 is 2.63 bits per heavy atom. The van der Waals surface area contributed by atoms with Crippen LogP contribution in [0.5, 0.6) is 0 Å². The second-order valence-electron chi connectivity index (χ2n) is 11.1. The zero-order valence-corrected chi connectivity index (χ0v) is 24.5. The van der Waals surface area contributed by atoms with Crippen LogP contribution in [0.4, 0.5) is 17.1 Å². The molecule has 2 heterocycles. The highest BCUT2D eigenvalue weighted by atomic mass is 28.3. The molecular weight excluding hydrogens is 536 g/mol. The molecule has 0 spiro atoms. The molecule has 0 unspecified atom stereocenters. The van der Waals surface area contributed by atoms with Crippen LogP contribution < -0.4 is 5.32 Å². The van der Waals surface area contributed by atoms with E-state index >= 15 is 0 Å². The zero-order chi connectivity index (χ0) is 28.8. The standard InChI is InChI=1S/C31H34N4O5Si/c1-41(2,3)15-14-38-21-34-30-19-26(32-25-10-7-11-27(18-25)35(36)37)12-13-28(30)29(33-34)17-24(31-20-39-22-40-31)16-23-8-5-4-6-9-23/h4-13,17-20,32H,14-16,21-22H2,1-3H3. The van der Waals surface area contributed by atoms with Gasteiger partial charge >= 0.3 is 0 Å². The second kappa shape index (κ2) is 12.4. The third-order valence-corrected chi connectivity index (χ3v) is 8.38. The monoisotopic (exact) mass is 570 g/mol. The molecule has 41 heavy (non-hydrogen) atoms. The quantitative estimate of drug-likeness (QED) is 0.0816. The summed E-state index contributed by atoms with van der Waals surface area (Å²) in [6, 6.07) is 23.7. The average molecular weight is 571 g/mol. The average Bonchev–Trinajstić information content (AvgIpc) is 3.60. The van der Waals surface area contributed by atoms with Gasteiger partial charge in [-0.25, -0.2) is 4.68 Å². The number of nitro groups is 1. The molecule has 3 aromatic carbocycles. The summed E-state index contributed by atoms with van der Waals surface area (Å²) in [5.74, 6) is 0.687. The van der Waals surface area contributed by atoms with Gasteiger partial charge in [0.15, 0.2) is 5.76 Å². The van der Waals surface area contributed by atoms with Crippen LogP contribution in [0.25, 0.3) is 17.0 Å². The van der Waals surface area contributed by atoms with Crippen molar-refractivity contribution >= 4 is 42.1 Å². The van der Waals surface area contributed by atoms with E-state index in [2.05, 4.69) is 37.1 Å². The van der Waals surface area contributed by atoms with Gasteiger partial charge in [0.05, 0.1) is 16.1 Å². The number of non-ortho nitro benzene ring substituents is 1. The fourth-order valence-electron chi connectivity index (χ4n) is 4.48. The van der Waals surface area contributed by atoms with Gasteiger partial charge in [0.25, 0.3) is 5.69 Å². The van der Waals surface area contributed by atoms with Crippen molar-refractivity contribution in [2.45, 2.75) is 38.8 Å². The maximum atomic E-state index is 11.2. The number of benzene rings is 3. The van der Waals surface area contributed by atoms with Gasteiger partial charge in [-0.3, -0.25) is 10.1 Å². The smallest absolute Gasteiger partial charge is 0.271 e. The molecule has 10 heteroatoms. The number of hydrogen-bond acceptors (Lipinski definition) is 7. The van der Waals surface area contributed by atoms with Gasteiger partial charge in [-0.1, -0.05) is 56.0 Å². The molecule has 0 amide bonds. The van der Waals surface area contributed by atoms with E-state index in [0.717, 1.165) is 39.5 Å². The summed E-state index contributed by atoms with van der Waals surface area (Å²) in [7, 11) is -1.24. The first-order valence-electron chi connectivity index (χ1n) is 13.5. The number of anilines is 2. The van der Waals surface area contributed by atoms with Gasteiger partial charge in [-0.2, -0.15) is 5.10 Å². The molecule has 1 aromatic heterocycles. The van der Waals surface area contributed by atoms with Crippen LogP contribution >= 0.6 is 0 Å². The number of nitro benzene ring substituents is 1. The van der Waals surface area contributed by atoms with Crippen molar-refractivity contribution < 1.29 is 19.1 Å². The third-order valence-electron chi connectivity index (χ3n) is 6.67. The normalized spacial score (nSPS) is 13.5. The Bertz CT molecular complexity index is 1590. The van der Waals surface area contributed by atoms with Gasteiger partial charge in [-0.05, 0) is 41.9 Å². The number of nitrogens with one attached hydrogen (secondary N) is 1. The minimum absolute atomic E-state index is 0.0303. The van der Waals surface area contributed by atoms with Crippen molar-refractivity contribution in [3.8, 4) is 0 Å². The number of hydrogen-bond donors (Lipinski definition) is 1. The highest BCUT2D eigenvalue weighted by molar-refractivity contribution is 6.76. The van der Waals surface area contributed by atoms with Gasteiger partial charge in [-0.15, -0.1) is 0 Å². The molecule has 9 nitrogen and oxygen atoms in total. The van der Waals surface area contributed by atoms with E-state index in [9.17, 15) is 10.1 Å². The molecule has 0 aliphatic carbocycles. The fourth-order valence-corrected chi connectivity index (χ4v) is 5.23. The van der Waals surface area contributed by atoms with Crippen LogP contribution in [0.1, 0.15) is 11.3 Å². The summed E-state index contributed by atoms with van der Waals surface area (Å²) in [5.41, 5.74) is 5.23. The molecule has 0 saturated carbocycles. The van der Waals surface area contributed by atoms with E-state index in [0.29, 0.717) is 31.2 Å². The van der Waals surface area contributed by atoms with Crippen molar-refractivity contribution in [1.82, 2.24) is 9.78 Å². The van der Waals surface area contributed by atoms with Crippen molar-refractivity contribution in [1.29, 1.82) is 0 Å². The van der Waals surface area contributed by atoms with E-state index < -0.39 is 13.0 Å². The summed E-state index contributed by atoms with van der Waals surface area (Å²) in [6.45, 7) is 8.15. The summed E-state index contributed by atoms with van der Waals surface area (Å²) >= 11 is 0. The van der Waals surface area contributed by atoms with Crippen LogP contribution in [0.15, 0.2) is 90.4 Å². The van der Waals surface area contributed by atoms with Crippen molar-refractivity contribution in [3.05, 3.63) is 112 Å². The maximum Gasteiger partial charge on any atom is 0.271 e. The third kappa shape index (κ3) is 7.41. The van der Waals surface area contributed by atoms with E-state index in [1.54, 1.807) is 18.4 Å². The number of fused-ring (bicyclic) bond motifs is 1. The Kier molecular flexibility index (Phi) is 8.51. The lowest BCUT2D eigenvalue weighted by atomic mass is 10.0. The SMILES string of the molecule is C[Si](C)(C)CCOCn1nc(C=C(Cc2ccccc2)C2=COCO2)c2ccc(Nc3cccc([N+](=O)[O-])c3)cc21. The largest absolute Gasteiger partial charge is 0.461 e. The van der Waals surface area contributed by atoms with Crippen LogP contribution in [-0.4, -0.2) is 36.2 Å². The van der Waals surface area contributed by atoms with E-state index in [1.165, 1.54) is 12.1 Å². The number of aromatic nitrogens is 2. The van der Waals surface area contributed by atoms with Crippen LogP contribution in [0.3, 0.4) is 0 Å². The number of rotatable bonds is 12. The first kappa shape index (κ1) is 28.1. The lowest BCUT2D eigenvalue weighted by Crippen LogP contribution is -2.22. The van der Waals surface area contributed by atoms with Crippen LogP contribution in [0, 0.1) is 10.1 Å². The Morgan fingerprint density at radius 1 is 1.10 bits per heavy atom. The number of allylic oxidation sites excluding steroid dienone is 1. The molecule has 1 N–H and O–H groups in total. The van der Waals surface area contributed by atoms with Crippen molar-refractivity contribution in [2.75, 3.05) is 18.7 Å². The first-order chi connectivity index (χ1) is 19.7. The molecule has 0 fully saturated rings. The minimum atomic E-state index is -1.24. The molecule has 0 radical (unpaired) electrons. The van der Waals surface area contributed by atoms with Gasteiger partial charge in [0.2, 0.25) is 6.79 Å². The van der Waals surface area contributed by atoms with Gasteiger partial charge in [0.1, 0.15) is 13.0 Å². The van der Waals surface area contributed by atoms with Crippen molar-refractivity contribution in [2.24, 2.45) is 0 Å². The van der Waals surface area contributed by atoms with Crippen molar-refractivity contribution in [3.63, 3.8) is 0 Å². The van der Waals surface area contributed by atoms with E-state index in [4.69, 9.17) is 19.3 Å². The van der Waals surface area contributed by atoms with Crippen LogP contribution in [0.2, 0.25) is 25.7 Å². The number of nitrogens with zero attached hydrogens (tertiary/aromatic N) is 3.